The van der Waals surface area contributed by atoms with Gasteiger partial charge in [-0.05, 0) is 31.1 Å². The molecule has 2 rings (SSSR count). The van der Waals surface area contributed by atoms with Gasteiger partial charge in [-0.3, -0.25) is 9.59 Å². The molecule has 2 heterocycles. The predicted octanol–water partition coefficient (Wildman–Crippen LogP) is 2.05. The Hall–Kier alpha value is -0.810. The molecular weight excluding hydrogens is 314 g/mol. The van der Waals surface area contributed by atoms with E-state index >= 15 is 0 Å². The van der Waals surface area contributed by atoms with E-state index in [-0.39, 0.29) is 35.7 Å². The number of piperidine rings is 1. The summed E-state index contributed by atoms with van der Waals surface area (Å²) in [5.74, 6) is 0.440. The summed E-state index contributed by atoms with van der Waals surface area (Å²) in [6.07, 6.45) is 4.70. The Bertz CT molecular complexity index is 409. The standard InChI is InChI=1S/C17H31N3O2.ClH/c1-17(2,3)8-4-7-15(21)19-10-5-6-14(13-19)20-11-9-18-12-16(20)22;/h14,18H,4-13H2,1-3H3;1H. The van der Waals surface area contributed by atoms with Crippen LogP contribution in [0.2, 0.25) is 0 Å². The minimum Gasteiger partial charge on any atom is -0.341 e. The molecule has 0 aromatic carbocycles. The van der Waals surface area contributed by atoms with E-state index in [1.54, 1.807) is 0 Å². The van der Waals surface area contributed by atoms with Gasteiger partial charge in [0.15, 0.2) is 0 Å². The van der Waals surface area contributed by atoms with Crippen LogP contribution in [0.1, 0.15) is 52.9 Å². The molecule has 0 aromatic rings. The molecule has 0 radical (unpaired) electrons. The highest BCUT2D eigenvalue weighted by atomic mass is 35.5. The number of halogens is 1. The summed E-state index contributed by atoms with van der Waals surface area (Å²) in [5, 5.41) is 3.11. The van der Waals surface area contributed by atoms with Gasteiger partial charge in [0.2, 0.25) is 11.8 Å². The van der Waals surface area contributed by atoms with Crippen LogP contribution in [-0.4, -0.2) is 60.4 Å². The maximum absolute atomic E-state index is 12.4. The molecule has 2 aliphatic rings. The van der Waals surface area contributed by atoms with Gasteiger partial charge in [0.1, 0.15) is 0 Å². The lowest BCUT2D eigenvalue weighted by Crippen LogP contribution is -2.57. The summed E-state index contributed by atoms with van der Waals surface area (Å²) in [6.45, 7) is 10.3. The third-order valence-electron chi connectivity index (χ3n) is 4.63. The van der Waals surface area contributed by atoms with Crippen molar-refractivity contribution in [1.82, 2.24) is 15.1 Å². The zero-order chi connectivity index (χ0) is 16.2. The van der Waals surface area contributed by atoms with Crippen LogP contribution in [0.4, 0.5) is 0 Å². The number of hydrogen-bond acceptors (Lipinski definition) is 3. The van der Waals surface area contributed by atoms with Crippen molar-refractivity contribution >= 4 is 24.2 Å². The number of rotatable bonds is 4. The summed E-state index contributed by atoms with van der Waals surface area (Å²) in [4.78, 5) is 28.4. The van der Waals surface area contributed by atoms with Crippen molar-refractivity contribution in [3.63, 3.8) is 0 Å². The fraction of sp³-hybridized carbons (Fsp3) is 0.882. The second-order valence-corrected chi connectivity index (χ2v) is 7.81. The highest BCUT2D eigenvalue weighted by Crippen LogP contribution is 2.23. The largest absolute Gasteiger partial charge is 0.341 e. The second-order valence-electron chi connectivity index (χ2n) is 7.81. The van der Waals surface area contributed by atoms with E-state index in [0.29, 0.717) is 13.0 Å². The van der Waals surface area contributed by atoms with Crippen LogP contribution in [0.5, 0.6) is 0 Å². The molecular formula is C17H32ClN3O2. The van der Waals surface area contributed by atoms with Crippen molar-refractivity contribution in [1.29, 1.82) is 0 Å². The summed E-state index contributed by atoms with van der Waals surface area (Å²) in [7, 11) is 0. The monoisotopic (exact) mass is 345 g/mol. The minimum absolute atomic E-state index is 0. The predicted molar refractivity (Wildman–Crippen MR) is 94.7 cm³/mol. The van der Waals surface area contributed by atoms with E-state index < -0.39 is 0 Å². The van der Waals surface area contributed by atoms with Gasteiger partial charge in [0.05, 0.1) is 6.54 Å². The zero-order valence-corrected chi connectivity index (χ0v) is 15.6. The molecule has 1 unspecified atom stereocenters. The third-order valence-corrected chi connectivity index (χ3v) is 4.63. The Balaban J connectivity index is 0.00000264. The van der Waals surface area contributed by atoms with Gasteiger partial charge in [-0.25, -0.2) is 0 Å². The van der Waals surface area contributed by atoms with Gasteiger partial charge in [0, 0.05) is 38.6 Å². The molecule has 2 amide bonds. The van der Waals surface area contributed by atoms with Crippen molar-refractivity contribution in [2.45, 2.75) is 58.9 Å². The Labute approximate surface area is 146 Å². The number of hydrogen-bond donors (Lipinski definition) is 1. The fourth-order valence-electron chi connectivity index (χ4n) is 3.37. The lowest BCUT2D eigenvalue weighted by Gasteiger charge is -2.41. The maximum atomic E-state index is 12.4. The first-order valence-corrected chi connectivity index (χ1v) is 8.65. The van der Waals surface area contributed by atoms with Crippen molar-refractivity contribution in [3.8, 4) is 0 Å². The first kappa shape index (κ1) is 20.2. The van der Waals surface area contributed by atoms with Gasteiger partial charge in [0.25, 0.3) is 0 Å². The smallest absolute Gasteiger partial charge is 0.236 e. The molecule has 2 saturated heterocycles. The maximum Gasteiger partial charge on any atom is 0.236 e. The van der Waals surface area contributed by atoms with Crippen LogP contribution in [0.3, 0.4) is 0 Å². The minimum atomic E-state index is 0. The molecule has 5 nitrogen and oxygen atoms in total. The summed E-state index contributed by atoms with van der Waals surface area (Å²) < 4.78 is 0. The Kier molecular flexibility index (Phi) is 7.81. The molecule has 2 fully saturated rings. The highest BCUT2D eigenvalue weighted by Gasteiger charge is 2.31. The van der Waals surface area contributed by atoms with E-state index in [1.807, 2.05) is 9.80 Å². The quantitative estimate of drug-likeness (QED) is 0.848. The van der Waals surface area contributed by atoms with Gasteiger partial charge in [-0.15, -0.1) is 12.4 Å². The lowest BCUT2D eigenvalue weighted by molar-refractivity contribution is -0.140. The van der Waals surface area contributed by atoms with E-state index in [1.165, 1.54) is 0 Å². The Morgan fingerprint density at radius 2 is 2.04 bits per heavy atom. The van der Waals surface area contributed by atoms with Crippen molar-refractivity contribution in [2.24, 2.45) is 5.41 Å². The molecule has 134 valence electrons. The van der Waals surface area contributed by atoms with Crippen LogP contribution < -0.4 is 5.32 Å². The molecule has 0 saturated carbocycles. The molecule has 6 heteroatoms. The normalized spacial score (nSPS) is 22.7. The number of nitrogens with one attached hydrogen (secondary N) is 1. The lowest BCUT2D eigenvalue weighted by atomic mass is 9.89. The summed E-state index contributed by atoms with van der Waals surface area (Å²) in [6, 6.07) is 0.218. The summed E-state index contributed by atoms with van der Waals surface area (Å²) in [5.41, 5.74) is 0.290. The average Bonchev–Trinajstić information content (AvgIpc) is 2.46. The third kappa shape index (κ3) is 6.30. The van der Waals surface area contributed by atoms with Gasteiger partial charge < -0.3 is 15.1 Å². The number of amides is 2. The molecule has 0 spiro atoms. The number of carbonyl (C=O) groups is 2. The van der Waals surface area contributed by atoms with E-state index in [9.17, 15) is 9.59 Å². The Morgan fingerprint density at radius 3 is 2.70 bits per heavy atom. The Morgan fingerprint density at radius 1 is 1.30 bits per heavy atom. The van der Waals surface area contributed by atoms with Crippen molar-refractivity contribution in [3.05, 3.63) is 0 Å². The molecule has 0 aromatic heterocycles. The zero-order valence-electron chi connectivity index (χ0n) is 14.8. The fourth-order valence-corrected chi connectivity index (χ4v) is 3.37. The second kappa shape index (κ2) is 8.88. The van der Waals surface area contributed by atoms with Crippen molar-refractivity contribution < 1.29 is 9.59 Å². The van der Waals surface area contributed by atoms with Crippen LogP contribution in [0.25, 0.3) is 0 Å². The van der Waals surface area contributed by atoms with Crippen LogP contribution >= 0.6 is 12.4 Å². The van der Waals surface area contributed by atoms with Crippen LogP contribution in [0, 0.1) is 5.41 Å². The van der Waals surface area contributed by atoms with Gasteiger partial charge in [-0.2, -0.15) is 0 Å². The average molecular weight is 346 g/mol. The highest BCUT2D eigenvalue weighted by molar-refractivity contribution is 5.85. The SMILES string of the molecule is CC(C)(C)CCCC(=O)N1CCCC(N2CCNCC2=O)C1.Cl. The number of piperazine rings is 1. The first-order chi connectivity index (χ1) is 10.4. The topological polar surface area (TPSA) is 52.7 Å². The number of likely N-dealkylation sites (tertiary alicyclic amines) is 1. The number of carbonyl (C=O) groups excluding carboxylic acids is 2. The van der Waals surface area contributed by atoms with Gasteiger partial charge in [-0.1, -0.05) is 20.8 Å². The van der Waals surface area contributed by atoms with E-state index in [0.717, 1.165) is 51.9 Å². The van der Waals surface area contributed by atoms with Crippen molar-refractivity contribution in [2.75, 3.05) is 32.7 Å². The van der Waals surface area contributed by atoms with E-state index in [2.05, 4.69) is 26.1 Å². The molecule has 1 atom stereocenters. The molecule has 0 bridgehead atoms. The summed E-state index contributed by atoms with van der Waals surface area (Å²) >= 11 is 0. The number of nitrogens with zero attached hydrogens (tertiary/aromatic N) is 2. The molecule has 2 aliphatic heterocycles. The van der Waals surface area contributed by atoms with Crippen LogP contribution in [0.15, 0.2) is 0 Å². The molecule has 1 N–H and O–H groups in total. The molecule has 23 heavy (non-hydrogen) atoms. The molecule has 0 aliphatic carbocycles. The van der Waals surface area contributed by atoms with Gasteiger partial charge >= 0.3 is 0 Å². The van der Waals surface area contributed by atoms with E-state index in [4.69, 9.17) is 0 Å². The van der Waals surface area contributed by atoms with Crippen LogP contribution in [-0.2, 0) is 9.59 Å². The first-order valence-electron chi connectivity index (χ1n) is 8.65.